The highest BCUT2D eigenvalue weighted by Gasteiger charge is 2.08. The standard InChI is InChI=1S/C16H20N2S/c1-3-15(17)14-9-10-16(18-12(14)2)19-11-13-7-5-4-6-8-13/h4-10,15H,3,11,17H2,1-2H3/t15-/m0/s1. The summed E-state index contributed by atoms with van der Waals surface area (Å²) >= 11 is 1.76. The molecule has 0 saturated heterocycles. The van der Waals surface area contributed by atoms with E-state index in [0.29, 0.717) is 0 Å². The summed E-state index contributed by atoms with van der Waals surface area (Å²) in [6.45, 7) is 4.14. The summed E-state index contributed by atoms with van der Waals surface area (Å²) in [6.07, 6.45) is 0.943. The molecule has 19 heavy (non-hydrogen) atoms. The van der Waals surface area contributed by atoms with Gasteiger partial charge in [-0.1, -0.05) is 43.3 Å². The van der Waals surface area contributed by atoms with Crippen LogP contribution in [0, 0.1) is 6.92 Å². The SMILES string of the molecule is CC[C@H](N)c1ccc(SCc2ccccc2)nc1C. The highest BCUT2D eigenvalue weighted by Crippen LogP contribution is 2.24. The molecule has 0 aliphatic carbocycles. The van der Waals surface area contributed by atoms with Crippen LogP contribution in [0.15, 0.2) is 47.5 Å². The van der Waals surface area contributed by atoms with Gasteiger partial charge in [-0.05, 0) is 30.5 Å². The Morgan fingerprint density at radius 3 is 2.53 bits per heavy atom. The van der Waals surface area contributed by atoms with Crippen LogP contribution in [0.4, 0.5) is 0 Å². The molecule has 0 bridgehead atoms. The molecule has 1 heterocycles. The summed E-state index contributed by atoms with van der Waals surface area (Å²) in [5.41, 5.74) is 9.59. The van der Waals surface area contributed by atoms with Crippen LogP contribution < -0.4 is 5.73 Å². The van der Waals surface area contributed by atoms with E-state index >= 15 is 0 Å². The quantitative estimate of drug-likeness (QED) is 0.833. The van der Waals surface area contributed by atoms with E-state index in [0.717, 1.165) is 28.5 Å². The summed E-state index contributed by atoms with van der Waals surface area (Å²) in [5, 5.41) is 1.06. The van der Waals surface area contributed by atoms with Crippen LogP contribution in [-0.4, -0.2) is 4.98 Å². The molecular weight excluding hydrogens is 252 g/mol. The monoisotopic (exact) mass is 272 g/mol. The third-order valence-electron chi connectivity index (χ3n) is 3.17. The van der Waals surface area contributed by atoms with E-state index in [2.05, 4.69) is 48.3 Å². The van der Waals surface area contributed by atoms with E-state index in [9.17, 15) is 0 Å². The van der Waals surface area contributed by atoms with E-state index in [1.165, 1.54) is 5.56 Å². The van der Waals surface area contributed by atoms with Gasteiger partial charge in [0.05, 0.1) is 5.03 Å². The van der Waals surface area contributed by atoms with Crippen LogP contribution >= 0.6 is 11.8 Å². The van der Waals surface area contributed by atoms with Gasteiger partial charge in [-0.3, -0.25) is 0 Å². The predicted octanol–water partition coefficient (Wildman–Crippen LogP) is 4.09. The van der Waals surface area contributed by atoms with Crippen LogP contribution in [0.2, 0.25) is 0 Å². The highest BCUT2D eigenvalue weighted by molar-refractivity contribution is 7.98. The fraction of sp³-hybridized carbons (Fsp3) is 0.312. The molecule has 0 spiro atoms. The molecule has 0 saturated carbocycles. The van der Waals surface area contributed by atoms with Gasteiger partial charge in [-0.25, -0.2) is 4.98 Å². The van der Waals surface area contributed by atoms with Crippen molar-refractivity contribution >= 4 is 11.8 Å². The number of aryl methyl sites for hydroxylation is 1. The van der Waals surface area contributed by atoms with Crippen LogP contribution in [0.1, 0.15) is 36.2 Å². The van der Waals surface area contributed by atoms with Gasteiger partial charge in [0.1, 0.15) is 0 Å². The topological polar surface area (TPSA) is 38.9 Å². The first-order valence-electron chi connectivity index (χ1n) is 6.60. The van der Waals surface area contributed by atoms with Crippen molar-refractivity contribution < 1.29 is 0 Å². The van der Waals surface area contributed by atoms with E-state index in [4.69, 9.17) is 5.73 Å². The maximum absolute atomic E-state index is 6.06. The van der Waals surface area contributed by atoms with E-state index in [1.54, 1.807) is 11.8 Å². The number of aromatic nitrogens is 1. The second-order valence-corrected chi connectivity index (χ2v) is 5.61. The van der Waals surface area contributed by atoms with Gasteiger partial charge in [-0.2, -0.15) is 0 Å². The average molecular weight is 272 g/mol. The van der Waals surface area contributed by atoms with Crippen molar-refractivity contribution in [2.24, 2.45) is 5.73 Å². The molecule has 1 atom stereocenters. The van der Waals surface area contributed by atoms with E-state index in [-0.39, 0.29) is 6.04 Å². The Morgan fingerprint density at radius 2 is 1.89 bits per heavy atom. The zero-order valence-electron chi connectivity index (χ0n) is 11.5. The number of hydrogen-bond acceptors (Lipinski definition) is 3. The van der Waals surface area contributed by atoms with Gasteiger partial charge in [-0.15, -0.1) is 11.8 Å². The molecule has 2 nitrogen and oxygen atoms in total. The van der Waals surface area contributed by atoms with Crippen molar-refractivity contribution in [2.45, 2.75) is 37.1 Å². The Bertz CT molecular complexity index is 526. The minimum Gasteiger partial charge on any atom is -0.324 e. The Morgan fingerprint density at radius 1 is 1.16 bits per heavy atom. The van der Waals surface area contributed by atoms with Crippen LogP contribution in [0.3, 0.4) is 0 Å². The maximum atomic E-state index is 6.06. The number of pyridine rings is 1. The highest BCUT2D eigenvalue weighted by atomic mass is 32.2. The largest absolute Gasteiger partial charge is 0.324 e. The number of nitrogens with zero attached hydrogens (tertiary/aromatic N) is 1. The number of rotatable bonds is 5. The van der Waals surface area contributed by atoms with Crippen molar-refractivity contribution in [3.8, 4) is 0 Å². The summed E-state index contributed by atoms with van der Waals surface area (Å²) in [7, 11) is 0. The van der Waals surface area contributed by atoms with Gasteiger partial charge >= 0.3 is 0 Å². The molecule has 1 aromatic carbocycles. The summed E-state index contributed by atoms with van der Waals surface area (Å²) in [6, 6.07) is 14.7. The Balaban J connectivity index is 2.04. The molecule has 0 unspecified atom stereocenters. The first-order chi connectivity index (χ1) is 9.20. The minimum absolute atomic E-state index is 0.0978. The Hall–Kier alpha value is -1.32. The molecule has 1 aromatic heterocycles. The van der Waals surface area contributed by atoms with Crippen molar-refractivity contribution in [3.63, 3.8) is 0 Å². The van der Waals surface area contributed by atoms with Gasteiger partial charge < -0.3 is 5.73 Å². The number of benzene rings is 1. The second kappa shape index (κ2) is 6.73. The van der Waals surface area contributed by atoms with Crippen molar-refractivity contribution in [3.05, 3.63) is 59.3 Å². The lowest BCUT2D eigenvalue weighted by atomic mass is 10.0. The molecule has 2 aromatic rings. The summed E-state index contributed by atoms with van der Waals surface area (Å²) in [4.78, 5) is 4.64. The van der Waals surface area contributed by atoms with Gasteiger partial charge in [0.2, 0.25) is 0 Å². The smallest absolute Gasteiger partial charge is 0.0966 e. The molecule has 2 N–H and O–H groups in total. The fourth-order valence-corrected chi connectivity index (χ4v) is 2.85. The van der Waals surface area contributed by atoms with Crippen LogP contribution in [-0.2, 0) is 5.75 Å². The lowest BCUT2D eigenvalue weighted by Crippen LogP contribution is -2.11. The Kier molecular flexibility index (Phi) is 5.00. The van der Waals surface area contributed by atoms with Crippen LogP contribution in [0.25, 0.3) is 0 Å². The first kappa shape index (κ1) is 14.1. The van der Waals surface area contributed by atoms with Crippen molar-refractivity contribution in [1.29, 1.82) is 0 Å². The number of nitrogens with two attached hydrogens (primary N) is 1. The number of thioether (sulfide) groups is 1. The van der Waals surface area contributed by atoms with Crippen molar-refractivity contribution in [1.82, 2.24) is 4.98 Å². The van der Waals surface area contributed by atoms with Crippen molar-refractivity contribution in [2.75, 3.05) is 0 Å². The van der Waals surface area contributed by atoms with Gasteiger partial charge in [0.25, 0.3) is 0 Å². The van der Waals surface area contributed by atoms with Crippen LogP contribution in [0.5, 0.6) is 0 Å². The van der Waals surface area contributed by atoms with Gasteiger partial charge in [0.15, 0.2) is 0 Å². The lowest BCUT2D eigenvalue weighted by molar-refractivity contribution is 0.686. The lowest BCUT2D eigenvalue weighted by Gasteiger charge is -2.12. The number of hydrogen-bond donors (Lipinski definition) is 1. The zero-order valence-corrected chi connectivity index (χ0v) is 12.3. The minimum atomic E-state index is 0.0978. The van der Waals surface area contributed by atoms with E-state index < -0.39 is 0 Å². The maximum Gasteiger partial charge on any atom is 0.0966 e. The first-order valence-corrected chi connectivity index (χ1v) is 7.59. The molecule has 0 aliphatic heterocycles. The van der Waals surface area contributed by atoms with E-state index in [1.807, 2.05) is 13.0 Å². The third kappa shape index (κ3) is 3.82. The molecular formula is C16H20N2S. The molecule has 2 rings (SSSR count). The molecule has 0 fully saturated rings. The summed E-state index contributed by atoms with van der Waals surface area (Å²) in [5.74, 6) is 0.951. The molecule has 100 valence electrons. The normalized spacial score (nSPS) is 12.4. The van der Waals surface area contributed by atoms with Gasteiger partial charge in [0, 0.05) is 17.5 Å². The molecule has 0 radical (unpaired) electrons. The second-order valence-electron chi connectivity index (χ2n) is 4.61. The fourth-order valence-electron chi connectivity index (χ4n) is 1.97. The Labute approximate surface area is 119 Å². The third-order valence-corrected chi connectivity index (χ3v) is 4.17. The summed E-state index contributed by atoms with van der Waals surface area (Å²) < 4.78 is 0. The molecule has 0 amide bonds. The average Bonchev–Trinajstić information content (AvgIpc) is 2.45. The molecule has 0 aliphatic rings. The molecule has 3 heteroatoms. The zero-order chi connectivity index (χ0) is 13.7. The predicted molar refractivity (Wildman–Crippen MR) is 82.2 cm³/mol.